The molecule has 0 aliphatic carbocycles. The van der Waals surface area contributed by atoms with Crippen molar-refractivity contribution >= 4 is 23.2 Å². The maximum atomic E-state index is 12.8. The maximum absolute atomic E-state index is 12.8. The number of aromatic nitrogens is 3. The molecule has 7 nitrogen and oxygen atoms in total. The van der Waals surface area contributed by atoms with E-state index in [1.807, 2.05) is 72.0 Å². The zero-order chi connectivity index (χ0) is 18.3. The van der Waals surface area contributed by atoms with Gasteiger partial charge in [-0.2, -0.15) is 0 Å². The van der Waals surface area contributed by atoms with E-state index in [9.17, 15) is 4.79 Å². The summed E-state index contributed by atoms with van der Waals surface area (Å²) in [6.45, 7) is 3.21. The molecule has 0 aromatic carbocycles. The molecule has 0 radical (unpaired) electrons. The van der Waals surface area contributed by atoms with Gasteiger partial charge in [0.15, 0.2) is 0 Å². The summed E-state index contributed by atoms with van der Waals surface area (Å²) in [7, 11) is 3.95. The highest BCUT2D eigenvalue weighted by molar-refractivity contribution is 5.90. The van der Waals surface area contributed by atoms with E-state index in [2.05, 4.69) is 15.3 Å². The van der Waals surface area contributed by atoms with Gasteiger partial charge in [0.2, 0.25) is 0 Å². The van der Waals surface area contributed by atoms with Crippen molar-refractivity contribution in [2.75, 3.05) is 30.9 Å². The van der Waals surface area contributed by atoms with Crippen LogP contribution < -0.4 is 10.2 Å². The van der Waals surface area contributed by atoms with E-state index >= 15 is 0 Å². The SMILES string of the molecule is Cc1cn2ccc(NC(=O)N3CCc4ccnc(N(C)C)c4C3)cc2n1. The van der Waals surface area contributed by atoms with E-state index in [4.69, 9.17) is 0 Å². The van der Waals surface area contributed by atoms with Crippen LogP contribution in [-0.4, -0.2) is 45.9 Å². The number of carbonyl (C=O) groups is 1. The largest absolute Gasteiger partial charge is 0.362 e. The number of nitrogens with one attached hydrogen (secondary N) is 1. The molecule has 4 rings (SSSR count). The molecule has 0 unspecified atom stereocenters. The molecular formula is C19H22N6O. The van der Waals surface area contributed by atoms with Crippen LogP contribution in [-0.2, 0) is 13.0 Å². The van der Waals surface area contributed by atoms with Gasteiger partial charge in [0.05, 0.1) is 12.2 Å². The Balaban J connectivity index is 1.53. The molecule has 0 atom stereocenters. The molecule has 7 heteroatoms. The van der Waals surface area contributed by atoms with E-state index in [1.54, 1.807) is 0 Å². The van der Waals surface area contributed by atoms with Crippen molar-refractivity contribution < 1.29 is 4.79 Å². The standard InChI is InChI=1S/C19H22N6O/c1-13-11-24-9-6-15(10-17(24)21-13)22-19(26)25-8-5-14-4-7-20-18(23(2)3)16(14)12-25/h4,6-7,9-11H,5,8,12H2,1-3H3,(H,22,26). The van der Waals surface area contributed by atoms with Crippen molar-refractivity contribution in [1.29, 1.82) is 0 Å². The van der Waals surface area contributed by atoms with Crippen LogP contribution in [0.2, 0.25) is 0 Å². The number of hydrogen-bond donors (Lipinski definition) is 1. The van der Waals surface area contributed by atoms with Gasteiger partial charge >= 0.3 is 6.03 Å². The molecule has 2 amide bonds. The van der Waals surface area contributed by atoms with Crippen LogP contribution in [0.25, 0.3) is 5.65 Å². The third-order valence-corrected chi connectivity index (χ3v) is 4.67. The predicted octanol–water partition coefficient (Wildman–Crippen LogP) is 2.69. The Labute approximate surface area is 152 Å². The minimum absolute atomic E-state index is 0.100. The third kappa shape index (κ3) is 2.96. The van der Waals surface area contributed by atoms with Crippen molar-refractivity contribution in [2.24, 2.45) is 0 Å². The second-order valence-corrected chi connectivity index (χ2v) is 6.83. The lowest BCUT2D eigenvalue weighted by molar-refractivity contribution is 0.206. The first kappa shape index (κ1) is 16.4. The van der Waals surface area contributed by atoms with Gasteiger partial charge in [-0.1, -0.05) is 0 Å². The molecule has 0 saturated heterocycles. The molecule has 3 aromatic heterocycles. The average molecular weight is 350 g/mol. The molecule has 1 N–H and O–H groups in total. The van der Waals surface area contributed by atoms with Gasteiger partial charge in [-0.05, 0) is 31.0 Å². The summed E-state index contributed by atoms with van der Waals surface area (Å²) in [5, 5.41) is 2.99. The van der Waals surface area contributed by atoms with Crippen LogP contribution in [0.3, 0.4) is 0 Å². The summed E-state index contributed by atoms with van der Waals surface area (Å²) in [5.41, 5.74) is 4.91. The van der Waals surface area contributed by atoms with Crippen LogP contribution in [0.1, 0.15) is 16.8 Å². The van der Waals surface area contributed by atoms with Crippen LogP contribution in [0, 0.1) is 6.92 Å². The van der Waals surface area contributed by atoms with Crippen molar-refractivity contribution in [3.05, 3.63) is 53.6 Å². The number of amides is 2. The zero-order valence-electron chi connectivity index (χ0n) is 15.2. The van der Waals surface area contributed by atoms with Gasteiger partial charge in [-0.15, -0.1) is 0 Å². The van der Waals surface area contributed by atoms with Gasteiger partial charge in [0.25, 0.3) is 0 Å². The number of anilines is 2. The van der Waals surface area contributed by atoms with Crippen LogP contribution in [0.5, 0.6) is 0 Å². The van der Waals surface area contributed by atoms with Crippen molar-refractivity contribution in [2.45, 2.75) is 19.9 Å². The number of carbonyl (C=O) groups excluding carboxylic acids is 1. The normalized spacial score (nSPS) is 13.6. The first-order valence-electron chi connectivity index (χ1n) is 8.66. The van der Waals surface area contributed by atoms with Gasteiger partial charge in [0.1, 0.15) is 11.5 Å². The van der Waals surface area contributed by atoms with Crippen molar-refractivity contribution in [3.8, 4) is 0 Å². The first-order valence-corrected chi connectivity index (χ1v) is 8.66. The number of fused-ring (bicyclic) bond motifs is 2. The van der Waals surface area contributed by atoms with E-state index < -0.39 is 0 Å². The molecule has 0 fully saturated rings. The highest BCUT2D eigenvalue weighted by Crippen LogP contribution is 2.26. The summed E-state index contributed by atoms with van der Waals surface area (Å²) in [4.78, 5) is 25.5. The van der Waals surface area contributed by atoms with Crippen LogP contribution >= 0.6 is 0 Å². The van der Waals surface area contributed by atoms with E-state index in [0.29, 0.717) is 13.1 Å². The third-order valence-electron chi connectivity index (χ3n) is 4.67. The van der Waals surface area contributed by atoms with Crippen molar-refractivity contribution in [3.63, 3.8) is 0 Å². The molecule has 0 spiro atoms. The Morgan fingerprint density at radius 1 is 1.31 bits per heavy atom. The first-order chi connectivity index (χ1) is 12.5. The monoisotopic (exact) mass is 350 g/mol. The lowest BCUT2D eigenvalue weighted by atomic mass is 10.0. The quantitative estimate of drug-likeness (QED) is 0.772. The molecule has 0 saturated carbocycles. The maximum Gasteiger partial charge on any atom is 0.322 e. The number of pyridine rings is 2. The Bertz CT molecular complexity index is 977. The zero-order valence-corrected chi connectivity index (χ0v) is 15.2. The lowest BCUT2D eigenvalue weighted by Crippen LogP contribution is -2.39. The molecule has 4 heterocycles. The fourth-order valence-electron chi connectivity index (χ4n) is 3.40. The fourth-order valence-corrected chi connectivity index (χ4v) is 3.40. The van der Waals surface area contributed by atoms with Gasteiger partial charge in [-0.25, -0.2) is 14.8 Å². The summed E-state index contributed by atoms with van der Waals surface area (Å²) < 4.78 is 1.94. The number of nitrogens with zero attached hydrogens (tertiary/aromatic N) is 5. The highest BCUT2D eigenvalue weighted by atomic mass is 16.2. The Kier molecular flexibility index (Phi) is 3.99. The van der Waals surface area contributed by atoms with E-state index in [-0.39, 0.29) is 6.03 Å². The number of urea groups is 1. The smallest absolute Gasteiger partial charge is 0.322 e. The van der Waals surface area contributed by atoms with Crippen molar-refractivity contribution in [1.82, 2.24) is 19.3 Å². The molecule has 1 aliphatic rings. The summed E-state index contributed by atoms with van der Waals surface area (Å²) in [6.07, 6.45) is 6.54. The molecule has 134 valence electrons. The second kappa shape index (κ2) is 6.33. The van der Waals surface area contributed by atoms with Crippen LogP contribution in [0.4, 0.5) is 16.3 Å². The van der Waals surface area contributed by atoms with E-state index in [1.165, 1.54) is 5.56 Å². The summed E-state index contributed by atoms with van der Waals surface area (Å²) >= 11 is 0. The Hall–Kier alpha value is -3.09. The molecule has 1 aliphatic heterocycles. The predicted molar refractivity (Wildman–Crippen MR) is 102 cm³/mol. The number of aryl methyl sites for hydroxylation is 1. The lowest BCUT2D eigenvalue weighted by Gasteiger charge is -2.31. The second-order valence-electron chi connectivity index (χ2n) is 6.83. The molecule has 26 heavy (non-hydrogen) atoms. The minimum atomic E-state index is -0.100. The van der Waals surface area contributed by atoms with Gasteiger partial charge in [-0.3, -0.25) is 0 Å². The summed E-state index contributed by atoms with van der Waals surface area (Å²) in [6, 6.07) is 5.72. The molecule has 3 aromatic rings. The Morgan fingerprint density at radius 2 is 2.15 bits per heavy atom. The average Bonchev–Trinajstić information content (AvgIpc) is 2.99. The van der Waals surface area contributed by atoms with Crippen LogP contribution in [0.15, 0.2) is 36.8 Å². The molecule has 0 bridgehead atoms. The number of imidazole rings is 1. The Morgan fingerprint density at radius 3 is 2.96 bits per heavy atom. The van der Waals surface area contributed by atoms with E-state index in [0.717, 1.165) is 34.8 Å². The van der Waals surface area contributed by atoms with Gasteiger partial charge in [0, 0.05) is 56.5 Å². The summed E-state index contributed by atoms with van der Waals surface area (Å²) in [5.74, 6) is 0.925. The number of rotatable bonds is 2. The number of hydrogen-bond acceptors (Lipinski definition) is 4. The fraction of sp³-hybridized carbons (Fsp3) is 0.316. The molecular weight excluding hydrogens is 328 g/mol. The topological polar surface area (TPSA) is 65.8 Å². The minimum Gasteiger partial charge on any atom is -0.362 e. The highest BCUT2D eigenvalue weighted by Gasteiger charge is 2.24. The van der Waals surface area contributed by atoms with Gasteiger partial charge < -0.3 is 19.5 Å².